The van der Waals surface area contributed by atoms with Crippen molar-refractivity contribution in [2.45, 2.75) is 94.9 Å². The van der Waals surface area contributed by atoms with Gasteiger partial charge in [-0.3, -0.25) is 4.98 Å². The van der Waals surface area contributed by atoms with Crippen LogP contribution in [0, 0.1) is 11.8 Å². The average molecular weight is 599 g/mol. The van der Waals surface area contributed by atoms with E-state index in [1.807, 2.05) is 18.3 Å². The Morgan fingerprint density at radius 3 is 2.74 bits per heavy atom. The van der Waals surface area contributed by atoms with Crippen molar-refractivity contribution in [3.63, 3.8) is 0 Å². The second kappa shape index (κ2) is 11.1. The number of fused-ring (bicyclic) bond motifs is 4. The number of carboxylic acids is 1. The van der Waals surface area contributed by atoms with Crippen molar-refractivity contribution in [3.8, 4) is 5.75 Å². The summed E-state index contributed by atoms with van der Waals surface area (Å²) in [5.41, 5.74) is 6.63. The number of hydrogen-bond donors (Lipinski definition) is 1. The summed E-state index contributed by atoms with van der Waals surface area (Å²) >= 11 is 6.54. The molecule has 1 saturated carbocycles. The molecule has 3 aliphatic carbocycles. The maximum absolute atomic E-state index is 13.1. The molecule has 226 valence electrons. The first-order chi connectivity index (χ1) is 20.8. The molecule has 0 amide bonds. The van der Waals surface area contributed by atoms with E-state index in [2.05, 4.69) is 60.1 Å². The molecule has 1 aliphatic heterocycles. The molecule has 1 N–H and O–H groups in total. The quantitative estimate of drug-likeness (QED) is 0.297. The monoisotopic (exact) mass is 598 g/mol. The molecule has 1 spiro atoms. The van der Waals surface area contributed by atoms with Crippen LogP contribution in [-0.4, -0.2) is 34.8 Å². The number of carboxylic acid groups (broad SMARTS) is 1. The summed E-state index contributed by atoms with van der Waals surface area (Å²) < 4.78 is 6.54. The van der Waals surface area contributed by atoms with Gasteiger partial charge in [0.25, 0.3) is 0 Å². The summed E-state index contributed by atoms with van der Waals surface area (Å²) in [6.07, 6.45) is 11.3. The second-order valence-corrected chi connectivity index (χ2v) is 14.2. The fraction of sp³-hybridized carbons (Fsp3) is 0.514. The van der Waals surface area contributed by atoms with Crippen molar-refractivity contribution in [2.24, 2.45) is 11.8 Å². The third-order valence-electron chi connectivity index (χ3n) is 11.4. The number of benzene rings is 2. The van der Waals surface area contributed by atoms with Gasteiger partial charge in [0, 0.05) is 34.7 Å². The van der Waals surface area contributed by atoms with Crippen LogP contribution in [0.1, 0.15) is 92.7 Å². The SMILES string of the molecule is C[C@@H](COc1ccnc2c1[C@H](C)CCC2)C[C@H]1Cc2ccccc2C12CCC(C(=O)O)(N1CCc3c(Cl)cccc31)CC2. The highest BCUT2D eigenvalue weighted by molar-refractivity contribution is 6.31. The Hall–Kier alpha value is -3.05. The number of halogens is 1. The minimum absolute atomic E-state index is 0.00500. The molecule has 3 aromatic rings. The Bertz CT molecular complexity index is 1530. The zero-order valence-electron chi connectivity index (χ0n) is 25.4. The standard InChI is InChI=1S/C37H43ClN2O3/c1-24(23-43-33-13-19-39-31-11-5-7-25(2)34(31)33)21-27-22-26-8-3-4-9-29(26)36(27)15-17-37(18-16-36,35(41)42)40-20-14-28-30(38)10-6-12-32(28)40/h3-4,6,8-10,12-13,19,24-25,27H,5,7,11,14-18,20-23H2,1-2H3,(H,41,42)/t24-,25-,27+,36?,37?/m1/s1. The van der Waals surface area contributed by atoms with E-state index in [1.54, 1.807) is 0 Å². The van der Waals surface area contributed by atoms with E-state index in [4.69, 9.17) is 16.3 Å². The highest BCUT2D eigenvalue weighted by atomic mass is 35.5. The molecular weight excluding hydrogens is 556 g/mol. The number of pyridine rings is 1. The van der Waals surface area contributed by atoms with Gasteiger partial charge in [-0.1, -0.05) is 55.8 Å². The zero-order chi connectivity index (χ0) is 29.8. The number of carbonyl (C=O) groups is 1. The fourth-order valence-electron chi connectivity index (χ4n) is 9.25. The lowest BCUT2D eigenvalue weighted by molar-refractivity contribution is -0.145. The highest BCUT2D eigenvalue weighted by Crippen LogP contribution is 2.57. The lowest BCUT2D eigenvalue weighted by atomic mass is 9.59. The molecule has 7 rings (SSSR count). The number of rotatable bonds is 7. The van der Waals surface area contributed by atoms with Crippen LogP contribution in [0.2, 0.25) is 5.02 Å². The summed E-state index contributed by atoms with van der Waals surface area (Å²) in [5, 5.41) is 11.5. The molecule has 5 nitrogen and oxygen atoms in total. The van der Waals surface area contributed by atoms with Crippen LogP contribution in [0.25, 0.3) is 0 Å². The predicted molar refractivity (Wildman–Crippen MR) is 172 cm³/mol. The molecule has 0 bridgehead atoms. The van der Waals surface area contributed by atoms with Crippen molar-refractivity contribution in [2.75, 3.05) is 18.1 Å². The number of ether oxygens (including phenoxy) is 1. The molecule has 4 aliphatic rings. The zero-order valence-corrected chi connectivity index (χ0v) is 26.2. The van der Waals surface area contributed by atoms with Gasteiger partial charge in [0.05, 0.1) is 6.61 Å². The van der Waals surface area contributed by atoms with E-state index in [0.717, 1.165) is 60.5 Å². The van der Waals surface area contributed by atoms with Crippen LogP contribution in [0.5, 0.6) is 5.75 Å². The molecule has 2 aromatic carbocycles. The number of nitrogens with zero attached hydrogens (tertiary/aromatic N) is 2. The molecular formula is C37H43ClN2O3. The van der Waals surface area contributed by atoms with Crippen LogP contribution in [0.15, 0.2) is 54.7 Å². The van der Waals surface area contributed by atoms with Crippen LogP contribution >= 0.6 is 11.6 Å². The maximum Gasteiger partial charge on any atom is 0.329 e. The van der Waals surface area contributed by atoms with Crippen LogP contribution < -0.4 is 9.64 Å². The first kappa shape index (κ1) is 28.7. The van der Waals surface area contributed by atoms with Crippen molar-refractivity contribution < 1.29 is 14.6 Å². The molecule has 0 saturated heterocycles. The lowest BCUT2D eigenvalue weighted by Gasteiger charge is -2.50. The normalized spacial score (nSPS) is 28.3. The van der Waals surface area contributed by atoms with Gasteiger partial charge in [0.2, 0.25) is 0 Å². The molecule has 2 heterocycles. The summed E-state index contributed by atoms with van der Waals surface area (Å²) in [6, 6.07) is 16.9. The summed E-state index contributed by atoms with van der Waals surface area (Å²) in [5.74, 6) is 1.67. The number of anilines is 1. The number of aryl methyl sites for hydroxylation is 1. The van der Waals surface area contributed by atoms with Crippen molar-refractivity contribution >= 4 is 23.3 Å². The molecule has 1 fully saturated rings. The van der Waals surface area contributed by atoms with Crippen LogP contribution in [0.4, 0.5) is 5.69 Å². The lowest BCUT2D eigenvalue weighted by Crippen LogP contribution is -2.58. The average Bonchev–Trinajstić information content (AvgIpc) is 3.58. The van der Waals surface area contributed by atoms with Crippen molar-refractivity contribution in [3.05, 3.63) is 87.7 Å². The third kappa shape index (κ3) is 4.74. The van der Waals surface area contributed by atoms with Gasteiger partial charge in [-0.05, 0) is 122 Å². The minimum atomic E-state index is -0.894. The van der Waals surface area contributed by atoms with E-state index in [0.29, 0.717) is 43.7 Å². The Balaban J connectivity index is 1.11. The first-order valence-electron chi connectivity index (χ1n) is 16.3. The molecule has 0 unspecified atom stereocenters. The summed E-state index contributed by atoms with van der Waals surface area (Å²) in [6.45, 7) is 6.02. The van der Waals surface area contributed by atoms with Gasteiger partial charge in [-0.15, -0.1) is 0 Å². The van der Waals surface area contributed by atoms with Gasteiger partial charge >= 0.3 is 5.97 Å². The minimum Gasteiger partial charge on any atom is -0.493 e. The largest absolute Gasteiger partial charge is 0.493 e. The van der Waals surface area contributed by atoms with E-state index >= 15 is 0 Å². The molecule has 6 heteroatoms. The van der Waals surface area contributed by atoms with Gasteiger partial charge in [0.15, 0.2) is 0 Å². The van der Waals surface area contributed by atoms with E-state index in [-0.39, 0.29) is 5.41 Å². The smallest absolute Gasteiger partial charge is 0.329 e. The second-order valence-electron chi connectivity index (χ2n) is 13.8. The number of aromatic nitrogens is 1. The Kier molecular flexibility index (Phi) is 7.44. The van der Waals surface area contributed by atoms with Gasteiger partial charge in [-0.2, -0.15) is 0 Å². The van der Waals surface area contributed by atoms with Gasteiger partial charge < -0.3 is 14.7 Å². The Morgan fingerprint density at radius 1 is 1.12 bits per heavy atom. The topological polar surface area (TPSA) is 62.7 Å². The molecule has 43 heavy (non-hydrogen) atoms. The van der Waals surface area contributed by atoms with Crippen molar-refractivity contribution in [1.82, 2.24) is 4.98 Å². The number of aliphatic carboxylic acids is 1. The molecule has 3 atom stereocenters. The molecule has 0 radical (unpaired) electrons. The van der Waals surface area contributed by atoms with Gasteiger partial charge in [0.1, 0.15) is 11.3 Å². The van der Waals surface area contributed by atoms with Crippen molar-refractivity contribution in [1.29, 1.82) is 0 Å². The summed E-state index contributed by atoms with van der Waals surface area (Å²) in [4.78, 5) is 19.9. The first-order valence-corrected chi connectivity index (χ1v) is 16.7. The molecule has 1 aromatic heterocycles. The highest BCUT2D eigenvalue weighted by Gasteiger charge is 2.56. The Morgan fingerprint density at radius 2 is 1.93 bits per heavy atom. The maximum atomic E-state index is 13.1. The van der Waals surface area contributed by atoms with Crippen LogP contribution in [0.3, 0.4) is 0 Å². The summed E-state index contributed by atoms with van der Waals surface area (Å²) in [7, 11) is 0. The van der Waals surface area contributed by atoms with E-state index < -0.39 is 11.5 Å². The fourth-order valence-corrected chi connectivity index (χ4v) is 9.52. The van der Waals surface area contributed by atoms with Gasteiger partial charge in [-0.25, -0.2) is 4.79 Å². The van der Waals surface area contributed by atoms with E-state index in [9.17, 15) is 9.90 Å². The van der Waals surface area contributed by atoms with Crippen LogP contribution in [-0.2, 0) is 29.5 Å². The third-order valence-corrected chi connectivity index (χ3v) is 11.8. The Labute approximate surface area is 260 Å². The van der Waals surface area contributed by atoms with E-state index in [1.165, 1.54) is 35.2 Å². The predicted octanol–water partition coefficient (Wildman–Crippen LogP) is 8.15. The number of hydrogen-bond acceptors (Lipinski definition) is 4.